The van der Waals surface area contributed by atoms with E-state index in [4.69, 9.17) is 5.73 Å². The summed E-state index contributed by atoms with van der Waals surface area (Å²) in [5, 5.41) is 3.30. The summed E-state index contributed by atoms with van der Waals surface area (Å²) in [7, 11) is -3.22. The van der Waals surface area contributed by atoms with Crippen LogP contribution in [0, 0.1) is 0 Å². The normalized spacial score (nSPS) is 12.3. The van der Waals surface area contributed by atoms with Crippen molar-refractivity contribution in [3.63, 3.8) is 0 Å². The summed E-state index contributed by atoms with van der Waals surface area (Å²) in [5.41, 5.74) is 7.46. The Morgan fingerprint density at radius 1 is 1.10 bits per heavy atom. The van der Waals surface area contributed by atoms with Gasteiger partial charge in [-0.1, -0.05) is 12.5 Å². The van der Waals surface area contributed by atoms with Crippen molar-refractivity contribution in [2.45, 2.75) is 44.8 Å². The van der Waals surface area contributed by atoms with E-state index in [0.717, 1.165) is 37.2 Å². The monoisotopic (exact) mass is 313 g/mol. The molecule has 0 aromatic heterocycles. The Morgan fingerprint density at radius 3 is 2.38 bits per heavy atom. The van der Waals surface area contributed by atoms with E-state index in [2.05, 4.69) is 10.0 Å². The Bertz CT molecular complexity index is 536. The van der Waals surface area contributed by atoms with Gasteiger partial charge in [0, 0.05) is 24.5 Å². The molecule has 0 spiro atoms. The standard InChI is InChI=1S/C15H27N3O2S/c1-15(2,3)21(19,20)18-11-6-4-5-10-17-14-9-7-8-13(16)12-14/h7-9,12,17-18H,4-6,10-11,16H2,1-3H3. The molecule has 0 aliphatic carbocycles. The van der Waals surface area contributed by atoms with E-state index < -0.39 is 14.8 Å². The molecule has 1 aromatic carbocycles. The fraction of sp³-hybridized carbons (Fsp3) is 0.600. The number of sulfonamides is 1. The maximum Gasteiger partial charge on any atom is 0.216 e. The van der Waals surface area contributed by atoms with E-state index in [9.17, 15) is 8.42 Å². The van der Waals surface area contributed by atoms with Crippen LogP contribution in [0.5, 0.6) is 0 Å². The van der Waals surface area contributed by atoms with Crippen molar-refractivity contribution in [1.29, 1.82) is 0 Å². The van der Waals surface area contributed by atoms with Crippen molar-refractivity contribution in [2.75, 3.05) is 24.1 Å². The molecule has 0 saturated heterocycles. The molecule has 0 aliphatic heterocycles. The molecule has 5 nitrogen and oxygen atoms in total. The summed E-state index contributed by atoms with van der Waals surface area (Å²) >= 11 is 0. The van der Waals surface area contributed by atoms with Crippen molar-refractivity contribution in [1.82, 2.24) is 4.72 Å². The number of benzene rings is 1. The Balaban J connectivity index is 2.13. The number of hydrogen-bond donors (Lipinski definition) is 3. The van der Waals surface area contributed by atoms with Crippen LogP contribution in [0.4, 0.5) is 11.4 Å². The largest absolute Gasteiger partial charge is 0.399 e. The minimum atomic E-state index is -3.22. The third-order valence-corrected chi connectivity index (χ3v) is 5.36. The molecule has 0 radical (unpaired) electrons. The molecule has 0 aliphatic rings. The molecule has 0 heterocycles. The van der Waals surface area contributed by atoms with Gasteiger partial charge in [0.15, 0.2) is 0 Å². The topological polar surface area (TPSA) is 84.2 Å². The highest BCUT2D eigenvalue weighted by molar-refractivity contribution is 7.90. The van der Waals surface area contributed by atoms with E-state index in [0.29, 0.717) is 6.54 Å². The van der Waals surface area contributed by atoms with Gasteiger partial charge in [-0.3, -0.25) is 0 Å². The maximum atomic E-state index is 11.8. The van der Waals surface area contributed by atoms with Crippen molar-refractivity contribution in [2.24, 2.45) is 0 Å². The third kappa shape index (κ3) is 6.35. The van der Waals surface area contributed by atoms with Gasteiger partial charge in [0.2, 0.25) is 10.0 Å². The summed E-state index contributed by atoms with van der Waals surface area (Å²) in [5.74, 6) is 0. The quantitative estimate of drug-likeness (QED) is 0.509. The average Bonchev–Trinajstić information content (AvgIpc) is 2.36. The molecule has 0 saturated carbocycles. The van der Waals surface area contributed by atoms with Crippen LogP contribution < -0.4 is 15.8 Å². The molecular weight excluding hydrogens is 286 g/mol. The van der Waals surface area contributed by atoms with Crippen molar-refractivity contribution in [3.8, 4) is 0 Å². The molecule has 120 valence electrons. The van der Waals surface area contributed by atoms with Crippen molar-refractivity contribution in [3.05, 3.63) is 24.3 Å². The van der Waals surface area contributed by atoms with Crippen LogP contribution in [-0.4, -0.2) is 26.3 Å². The van der Waals surface area contributed by atoms with E-state index in [1.165, 1.54) is 0 Å². The molecule has 0 bridgehead atoms. The van der Waals surface area contributed by atoms with Crippen LogP contribution in [0.25, 0.3) is 0 Å². The number of rotatable bonds is 8. The van der Waals surface area contributed by atoms with Crippen molar-refractivity contribution >= 4 is 21.4 Å². The van der Waals surface area contributed by atoms with Crippen LogP contribution in [0.2, 0.25) is 0 Å². The molecule has 0 unspecified atom stereocenters. The lowest BCUT2D eigenvalue weighted by atomic mass is 10.2. The van der Waals surface area contributed by atoms with Gasteiger partial charge in [0.25, 0.3) is 0 Å². The first-order chi connectivity index (χ1) is 9.72. The Labute approximate surface area is 128 Å². The highest BCUT2D eigenvalue weighted by atomic mass is 32.2. The van der Waals surface area contributed by atoms with Crippen LogP contribution >= 0.6 is 0 Å². The first-order valence-corrected chi connectivity index (χ1v) is 8.79. The summed E-state index contributed by atoms with van der Waals surface area (Å²) in [6.07, 6.45) is 2.81. The second kappa shape index (κ2) is 7.66. The van der Waals surface area contributed by atoms with Crippen LogP contribution in [0.1, 0.15) is 40.0 Å². The van der Waals surface area contributed by atoms with Crippen LogP contribution in [0.3, 0.4) is 0 Å². The fourth-order valence-electron chi connectivity index (χ4n) is 1.73. The van der Waals surface area contributed by atoms with Gasteiger partial charge in [0.05, 0.1) is 4.75 Å². The van der Waals surface area contributed by atoms with Gasteiger partial charge in [-0.2, -0.15) is 0 Å². The lowest BCUT2D eigenvalue weighted by Crippen LogP contribution is -2.39. The van der Waals surface area contributed by atoms with E-state index in [1.807, 2.05) is 24.3 Å². The lowest BCUT2D eigenvalue weighted by Gasteiger charge is -2.19. The van der Waals surface area contributed by atoms with E-state index in [1.54, 1.807) is 20.8 Å². The number of hydrogen-bond acceptors (Lipinski definition) is 4. The molecular formula is C15H27N3O2S. The second-order valence-electron chi connectivity index (χ2n) is 6.12. The molecule has 4 N–H and O–H groups in total. The van der Waals surface area contributed by atoms with Gasteiger partial charge in [-0.05, 0) is 51.8 Å². The van der Waals surface area contributed by atoms with Gasteiger partial charge < -0.3 is 11.1 Å². The van der Waals surface area contributed by atoms with Crippen LogP contribution in [-0.2, 0) is 10.0 Å². The molecule has 0 atom stereocenters. The van der Waals surface area contributed by atoms with E-state index >= 15 is 0 Å². The average molecular weight is 313 g/mol. The van der Waals surface area contributed by atoms with Gasteiger partial charge in [-0.15, -0.1) is 0 Å². The minimum absolute atomic E-state index is 0.498. The lowest BCUT2D eigenvalue weighted by molar-refractivity contribution is 0.540. The summed E-state index contributed by atoms with van der Waals surface area (Å²) < 4.78 is 25.5. The minimum Gasteiger partial charge on any atom is -0.399 e. The first kappa shape index (κ1) is 17.8. The number of nitrogens with two attached hydrogens (primary N) is 1. The zero-order valence-electron chi connectivity index (χ0n) is 13.1. The van der Waals surface area contributed by atoms with E-state index in [-0.39, 0.29) is 0 Å². The number of nitrogens with one attached hydrogen (secondary N) is 2. The molecule has 6 heteroatoms. The smallest absolute Gasteiger partial charge is 0.216 e. The highest BCUT2D eigenvalue weighted by Gasteiger charge is 2.27. The molecule has 1 rings (SSSR count). The summed E-state index contributed by atoms with van der Waals surface area (Å²) in [6.45, 7) is 6.45. The third-order valence-electron chi connectivity index (χ3n) is 3.17. The Hall–Kier alpha value is -1.27. The summed E-state index contributed by atoms with van der Waals surface area (Å²) in [6, 6.07) is 7.65. The van der Waals surface area contributed by atoms with Gasteiger partial charge >= 0.3 is 0 Å². The number of nitrogen functional groups attached to an aromatic ring is 1. The maximum absolute atomic E-state index is 11.8. The van der Waals surface area contributed by atoms with Gasteiger partial charge in [0.1, 0.15) is 0 Å². The zero-order valence-corrected chi connectivity index (χ0v) is 14.0. The molecule has 0 fully saturated rings. The Morgan fingerprint density at radius 2 is 1.76 bits per heavy atom. The van der Waals surface area contributed by atoms with Crippen LogP contribution in [0.15, 0.2) is 24.3 Å². The van der Waals surface area contributed by atoms with Crippen molar-refractivity contribution < 1.29 is 8.42 Å². The zero-order chi connectivity index (χ0) is 15.9. The highest BCUT2D eigenvalue weighted by Crippen LogP contribution is 2.13. The number of anilines is 2. The van der Waals surface area contributed by atoms with Gasteiger partial charge in [-0.25, -0.2) is 13.1 Å². The molecule has 0 amide bonds. The predicted molar refractivity (Wildman–Crippen MR) is 89.9 cm³/mol. The number of unbranched alkanes of at least 4 members (excludes halogenated alkanes) is 2. The predicted octanol–water partition coefficient (Wildman–Crippen LogP) is 2.57. The SMILES string of the molecule is CC(C)(C)S(=O)(=O)NCCCCCNc1cccc(N)c1. The first-order valence-electron chi connectivity index (χ1n) is 7.31. The molecule has 1 aromatic rings. The Kier molecular flexibility index (Phi) is 6.48. The fourth-order valence-corrected chi connectivity index (χ4v) is 2.58. The summed E-state index contributed by atoms with van der Waals surface area (Å²) in [4.78, 5) is 0. The molecule has 21 heavy (non-hydrogen) atoms. The second-order valence-corrected chi connectivity index (χ2v) is 8.64.